The van der Waals surface area contributed by atoms with Crippen molar-refractivity contribution in [2.45, 2.75) is 18.8 Å². The van der Waals surface area contributed by atoms with Crippen molar-refractivity contribution in [3.63, 3.8) is 0 Å². The third-order valence-electron chi connectivity index (χ3n) is 4.84. The third kappa shape index (κ3) is 2.39. The highest BCUT2D eigenvalue weighted by Crippen LogP contribution is 2.34. The maximum atomic E-state index is 12.1. The molecule has 1 aliphatic heterocycles. The minimum absolute atomic E-state index is 0.466. The number of hydrogen-bond acceptors (Lipinski definition) is 3. The van der Waals surface area contributed by atoms with Gasteiger partial charge in [-0.3, -0.25) is 9.25 Å². The number of nitrogens with zero attached hydrogens (tertiary/aromatic N) is 3. The molecule has 1 aromatic carbocycles. The summed E-state index contributed by atoms with van der Waals surface area (Å²) < 4.78 is 3.32. The van der Waals surface area contributed by atoms with Crippen LogP contribution in [-0.4, -0.2) is 33.5 Å². The minimum atomic E-state index is -0.470. The molecule has 1 aliphatic rings. The average molecular weight is 323 g/mol. The number of primary amides is 1. The van der Waals surface area contributed by atoms with Gasteiger partial charge in [-0.2, -0.15) is 5.10 Å². The van der Waals surface area contributed by atoms with E-state index in [0.29, 0.717) is 5.92 Å². The van der Waals surface area contributed by atoms with Gasteiger partial charge in [0.1, 0.15) is 0 Å². The number of benzene rings is 1. The fourth-order valence-electron chi connectivity index (χ4n) is 3.73. The molecule has 1 unspecified atom stereocenters. The van der Waals surface area contributed by atoms with Crippen LogP contribution in [0.4, 0.5) is 4.79 Å². The molecule has 0 spiro atoms. The fourth-order valence-corrected chi connectivity index (χ4v) is 3.73. The summed E-state index contributed by atoms with van der Waals surface area (Å²) in [6, 6.07) is 7.74. The van der Waals surface area contributed by atoms with Gasteiger partial charge in [0.2, 0.25) is 0 Å². The van der Waals surface area contributed by atoms with Crippen LogP contribution in [0.25, 0.3) is 22.2 Å². The first-order valence-electron chi connectivity index (χ1n) is 8.29. The molecule has 3 N–H and O–H groups in total. The summed E-state index contributed by atoms with van der Waals surface area (Å²) in [6.07, 6.45) is 5.99. The summed E-state index contributed by atoms with van der Waals surface area (Å²) in [7, 11) is 1.86. The molecule has 3 heterocycles. The molecule has 0 saturated carbocycles. The van der Waals surface area contributed by atoms with Gasteiger partial charge >= 0.3 is 6.03 Å². The van der Waals surface area contributed by atoms with Crippen molar-refractivity contribution in [3.8, 4) is 11.3 Å². The van der Waals surface area contributed by atoms with E-state index in [1.807, 2.05) is 25.4 Å². The summed E-state index contributed by atoms with van der Waals surface area (Å²) in [4.78, 5) is 12.1. The van der Waals surface area contributed by atoms with Crippen LogP contribution in [0, 0.1) is 0 Å². The van der Waals surface area contributed by atoms with Crippen LogP contribution in [0.5, 0.6) is 0 Å². The van der Waals surface area contributed by atoms with E-state index in [1.165, 1.54) is 12.0 Å². The number of amides is 1. The maximum absolute atomic E-state index is 12.1. The summed E-state index contributed by atoms with van der Waals surface area (Å²) in [5, 5.41) is 8.78. The highest BCUT2D eigenvalue weighted by Gasteiger charge is 2.22. The first kappa shape index (κ1) is 15.0. The van der Waals surface area contributed by atoms with Crippen molar-refractivity contribution in [3.05, 3.63) is 42.2 Å². The molecule has 1 saturated heterocycles. The van der Waals surface area contributed by atoms with Gasteiger partial charge in [-0.05, 0) is 43.0 Å². The van der Waals surface area contributed by atoms with Crippen LogP contribution in [0.2, 0.25) is 0 Å². The number of nitrogens with two attached hydrogens (primary N) is 1. The SMILES string of the molecule is Cn1cc(-c2cc3c(C4CCCNC4)cccc3n2C(N)=O)cn1. The van der Waals surface area contributed by atoms with Crippen LogP contribution in [0.3, 0.4) is 0 Å². The summed E-state index contributed by atoms with van der Waals surface area (Å²) in [6.45, 7) is 2.05. The first-order chi connectivity index (χ1) is 11.6. The number of hydrogen-bond donors (Lipinski definition) is 2. The Morgan fingerprint density at radius 3 is 2.96 bits per heavy atom. The Balaban J connectivity index is 1.93. The minimum Gasteiger partial charge on any atom is -0.351 e. The fraction of sp³-hybridized carbons (Fsp3) is 0.333. The number of nitrogens with one attached hydrogen (secondary N) is 1. The number of piperidine rings is 1. The molecule has 6 heteroatoms. The zero-order chi connectivity index (χ0) is 16.7. The molecule has 1 atom stereocenters. The van der Waals surface area contributed by atoms with Crippen LogP contribution >= 0.6 is 0 Å². The van der Waals surface area contributed by atoms with Gasteiger partial charge < -0.3 is 11.1 Å². The van der Waals surface area contributed by atoms with Crippen molar-refractivity contribution in [2.75, 3.05) is 13.1 Å². The second kappa shape index (κ2) is 5.79. The molecule has 4 rings (SSSR count). The molecular formula is C18H21N5O. The lowest BCUT2D eigenvalue weighted by Gasteiger charge is -2.23. The molecule has 1 fully saturated rings. The van der Waals surface area contributed by atoms with Crippen molar-refractivity contribution in [1.82, 2.24) is 19.7 Å². The molecule has 3 aromatic rings. The Morgan fingerprint density at radius 2 is 2.29 bits per heavy atom. The number of carbonyl (C=O) groups is 1. The molecule has 6 nitrogen and oxygen atoms in total. The monoisotopic (exact) mass is 323 g/mol. The van der Waals surface area contributed by atoms with Gasteiger partial charge in [0.05, 0.1) is 17.4 Å². The Labute approximate surface area is 140 Å². The Morgan fingerprint density at radius 1 is 1.42 bits per heavy atom. The lowest BCUT2D eigenvalue weighted by molar-refractivity contribution is 0.251. The van der Waals surface area contributed by atoms with E-state index >= 15 is 0 Å². The molecule has 124 valence electrons. The second-order valence-electron chi connectivity index (χ2n) is 6.43. The predicted molar refractivity (Wildman–Crippen MR) is 94.0 cm³/mol. The number of aromatic nitrogens is 3. The van der Waals surface area contributed by atoms with Crippen molar-refractivity contribution >= 4 is 16.9 Å². The Kier molecular flexibility index (Phi) is 3.61. The van der Waals surface area contributed by atoms with Crippen LogP contribution in [-0.2, 0) is 7.05 Å². The van der Waals surface area contributed by atoms with Crippen LogP contribution in [0.15, 0.2) is 36.7 Å². The van der Waals surface area contributed by atoms with Crippen molar-refractivity contribution in [1.29, 1.82) is 0 Å². The number of fused-ring (bicyclic) bond motifs is 1. The maximum Gasteiger partial charge on any atom is 0.323 e. The van der Waals surface area contributed by atoms with Gasteiger partial charge in [0, 0.05) is 30.7 Å². The largest absolute Gasteiger partial charge is 0.351 e. The molecule has 0 aliphatic carbocycles. The first-order valence-corrected chi connectivity index (χ1v) is 8.29. The molecular weight excluding hydrogens is 302 g/mol. The normalized spacial score (nSPS) is 18.1. The highest BCUT2D eigenvalue weighted by molar-refractivity contribution is 5.98. The number of rotatable bonds is 2. The van der Waals surface area contributed by atoms with Crippen LogP contribution in [0.1, 0.15) is 24.3 Å². The van der Waals surface area contributed by atoms with E-state index in [2.05, 4.69) is 22.5 Å². The van der Waals surface area contributed by atoms with E-state index in [1.54, 1.807) is 15.4 Å². The summed E-state index contributed by atoms with van der Waals surface area (Å²) in [5.41, 5.74) is 9.51. The molecule has 0 radical (unpaired) electrons. The standard InChI is InChI=1S/C18H21N5O/c1-22-11-13(10-21-22)17-8-15-14(12-4-3-7-20-9-12)5-2-6-16(15)23(17)18(19)24/h2,5-6,8,10-12,20H,3-4,7,9H2,1H3,(H2,19,24). The van der Waals surface area contributed by atoms with Crippen molar-refractivity contribution < 1.29 is 4.79 Å². The van der Waals surface area contributed by atoms with Gasteiger partial charge in [0.25, 0.3) is 0 Å². The summed E-state index contributed by atoms with van der Waals surface area (Å²) >= 11 is 0. The van der Waals surface area contributed by atoms with Gasteiger partial charge in [0.15, 0.2) is 0 Å². The molecule has 1 amide bonds. The van der Waals surface area contributed by atoms with E-state index in [0.717, 1.165) is 41.7 Å². The quantitative estimate of drug-likeness (QED) is 0.760. The number of aryl methyl sites for hydroxylation is 1. The van der Waals surface area contributed by atoms with Crippen LogP contribution < -0.4 is 11.1 Å². The highest BCUT2D eigenvalue weighted by atomic mass is 16.2. The van der Waals surface area contributed by atoms with Gasteiger partial charge in [-0.25, -0.2) is 4.79 Å². The average Bonchev–Trinajstić information content (AvgIpc) is 3.18. The second-order valence-corrected chi connectivity index (χ2v) is 6.43. The van der Waals surface area contributed by atoms with Gasteiger partial charge in [-0.15, -0.1) is 0 Å². The van der Waals surface area contributed by atoms with E-state index in [-0.39, 0.29) is 0 Å². The molecule has 0 bridgehead atoms. The molecule has 2 aromatic heterocycles. The zero-order valence-corrected chi connectivity index (χ0v) is 13.7. The van der Waals surface area contributed by atoms with E-state index in [4.69, 9.17) is 5.73 Å². The predicted octanol–water partition coefficient (Wildman–Crippen LogP) is 2.44. The molecule has 24 heavy (non-hydrogen) atoms. The topological polar surface area (TPSA) is 77.9 Å². The Hall–Kier alpha value is -2.60. The number of carbonyl (C=O) groups excluding carboxylic acids is 1. The smallest absolute Gasteiger partial charge is 0.323 e. The van der Waals surface area contributed by atoms with E-state index < -0.39 is 6.03 Å². The summed E-state index contributed by atoms with van der Waals surface area (Å²) in [5.74, 6) is 0.466. The lowest BCUT2D eigenvalue weighted by Crippen LogP contribution is -2.28. The Bertz CT molecular complexity index is 901. The van der Waals surface area contributed by atoms with Crippen molar-refractivity contribution in [2.24, 2.45) is 12.8 Å². The third-order valence-corrected chi connectivity index (χ3v) is 4.84. The van der Waals surface area contributed by atoms with Gasteiger partial charge in [-0.1, -0.05) is 12.1 Å². The lowest BCUT2D eigenvalue weighted by atomic mass is 9.89. The van der Waals surface area contributed by atoms with E-state index in [9.17, 15) is 4.79 Å². The zero-order valence-electron chi connectivity index (χ0n) is 13.7.